The van der Waals surface area contributed by atoms with E-state index in [1.54, 1.807) is 0 Å². The van der Waals surface area contributed by atoms with E-state index in [0.717, 1.165) is 38.4 Å². The molecule has 0 aliphatic heterocycles. The monoisotopic (exact) mass is 422 g/mol. The molecule has 3 fully saturated rings. The molecule has 0 amide bonds. The topological polar surface area (TPSA) is 94.8 Å². The Morgan fingerprint density at radius 1 is 1.17 bits per heavy atom. The first-order valence-corrected chi connectivity index (χ1v) is 12.1. The second kappa shape index (κ2) is 8.90. The van der Waals surface area contributed by atoms with E-state index in [-0.39, 0.29) is 17.8 Å². The number of rotatable bonds is 8. The molecule has 172 valence electrons. The van der Waals surface area contributed by atoms with Gasteiger partial charge in [0.15, 0.2) is 0 Å². The van der Waals surface area contributed by atoms with Gasteiger partial charge in [-0.25, -0.2) is 0 Å². The zero-order valence-corrected chi connectivity index (χ0v) is 19.2. The van der Waals surface area contributed by atoms with Crippen LogP contribution in [0.3, 0.4) is 0 Å². The number of carbonyl (C=O) groups is 2. The number of carbonyl (C=O) groups excluding carboxylic acids is 1. The van der Waals surface area contributed by atoms with Crippen LogP contribution in [0.2, 0.25) is 0 Å². The van der Waals surface area contributed by atoms with Gasteiger partial charge in [0.1, 0.15) is 6.29 Å². The van der Waals surface area contributed by atoms with E-state index in [4.69, 9.17) is 5.11 Å². The van der Waals surface area contributed by atoms with Crippen LogP contribution in [0.25, 0.3) is 0 Å². The number of fused-ring (bicyclic) bond motifs is 3. The molecule has 10 atom stereocenters. The fourth-order valence-electron chi connectivity index (χ4n) is 7.56. The molecule has 0 saturated heterocycles. The third-order valence-corrected chi connectivity index (χ3v) is 9.83. The smallest absolute Gasteiger partial charge is 0.303 e. The third-order valence-electron chi connectivity index (χ3n) is 9.83. The minimum absolute atomic E-state index is 0.188. The number of carboxylic acid groups (broad SMARTS) is 1. The molecular weight excluding hydrogens is 380 g/mol. The van der Waals surface area contributed by atoms with Crippen molar-refractivity contribution in [1.82, 2.24) is 0 Å². The van der Waals surface area contributed by atoms with E-state index < -0.39 is 23.6 Å². The summed E-state index contributed by atoms with van der Waals surface area (Å²) in [6.07, 6.45) is 7.49. The summed E-state index contributed by atoms with van der Waals surface area (Å²) in [5, 5.41) is 31.1. The van der Waals surface area contributed by atoms with Gasteiger partial charge in [-0.05, 0) is 67.6 Å². The SMILES string of the molecule is C[C@@H]1CCC2C(C1CC[C@@H](C)[C@H](C)CCC(=O)O)[C@@H](C=O)[C@]1(O)C[C@@H](O)CC[C@]21C. The fraction of sp³-hybridized carbons (Fsp3) is 0.920. The van der Waals surface area contributed by atoms with E-state index in [9.17, 15) is 19.8 Å². The van der Waals surface area contributed by atoms with Crippen molar-refractivity contribution in [3.63, 3.8) is 0 Å². The molecular formula is C25H42O5. The maximum atomic E-state index is 12.3. The van der Waals surface area contributed by atoms with Crippen molar-refractivity contribution in [2.24, 2.45) is 46.8 Å². The van der Waals surface area contributed by atoms with Crippen LogP contribution in [0.1, 0.15) is 85.5 Å². The van der Waals surface area contributed by atoms with Gasteiger partial charge in [0.2, 0.25) is 0 Å². The highest BCUT2D eigenvalue weighted by molar-refractivity contribution is 5.66. The summed E-state index contributed by atoms with van der Waals surface area (Å²) in [4.78, 5) is 23.2. The maximum Gasteiger partial charge on any atom is 0.303 e. The Balaban J connectivity index is 1.77. The maximum absolute atomic E-state index is 12.3. The van der Waals surface area contributed by atoms with Gasteiger partial charge < -0.3 is 20.1 Å². The normalized spacial score (nSPS) is 45.3. The van der Waals surface area contributed by atoms with Gasteiger partial charge in [0.05, 0.1) is 11.7 Å². The summed E-state index contributed by atoms with van der Waals surface area (Å²) in [6.45, 7) is 8.83. The quantitative estimate of drug-likeness (QED) is 0.507. The lowest BCUT2D eigenvalue weighted by Gasteiger charge is -2.50. The van der Waals surface area contributed by atoms with Crippen molar-refractivity contribution in [3.8, 4) is 0 Å². The van der Waals surface area contributed by atoms with Crippen LogP contribution < -0.4 is 0 Å². The molecule has 30 heavy (non-hydrogen) atoms. The number of aliphatic hydroxyl groups is 2. The minimum Gasteiger partial charge on any atom is -0.481 e. The van der Waals surface area contributed by atoms with Gasteiger partial charge in [-0.2, -0.15) is 0 Å². The van der Waals surface area contributed by atoms with Crippen LogP contribution in [-0.4, -0.2) is 39.3 Å². The molecule has 0 bridgehead atoms. The molecule has 5 nitrogen and oxygen atoms in total. The number of carboxylic acids is 1. The van der Waals surface area contributed by atoms with E-state index >= 15 is 0 Å². The highest BCUT2D eigenvalue weighted by Gasteiger charge is 2.69. The molecule has 3 rings (SSSR count). The Hall–Kier alpha value is -0.940. The largest absolute Gasteiger partial charge is 0.481 e. The van der Waals surface area contributed by atoms with Gasteiger partial charge in [-0.15, -0.1) is 0 Å². The van der Waals surface area contributed by atoms with Crippen LogP contribution in [0.5, 0.6) is 0 Å². The average Bonchev–Trinajstić information content (AvgIpc) is 2.88. The van der Waals surface area contributed by atoms with Gasteiger partial charge in [0, 0.05) is 24.2 Å². The molecule has 3 N–H and O–H groups in total. The van der Waals surface area contributed by atoms with Crippen molar-refractivity contribution in [2.75, 3.05) is 0 Å². The summed E-state index contributed by atoms with van der Waals surface area (Å²) in [7, 11) is 0. The molecule has 0 spiro atoms. The summed E-state index contributed by atoms with van der Waals surface area (Å²) in [5.74, 6) is 1.12. The molecule has 5 heteroatoms. The molecule has 0 heterocycles. The third kappa shape index (κ3) is 3.97. The Bertz CT molecular complexity index is 635. The molecule has 3 unspecified atom stereocenters. The first-order valence-electron chi connectivity index (χ1n) is 12.1. The Kier molecular flexibility index (Phi) is 7.03. The zero-order chi connectivity index (χ0) is 22.3. The van der Waals surface area contributed by atoms with Crippen LogP contribution in [0.15, 0.2) is 0 Å². The van der Waals surface area contributed by atoms with Crippen molar-refractivity contribution < 1.29 is 24.9 Å². The van der Waals surface area contributed by atoms with E-state index in [0.29, 0.717) is 48.9 Å². The Morgan fingerprint density at radius 2 is 1.83 bits per heavy atom. The zero-order valence-electron chi connectivity index (χ0n) is 19.2. The summed E-state index contributed by atoms with van der Waals surface area (Å²) >= 11 is 0. The molecule has 3 saturated carbocycles. The van der Waals surface area contributed by atoms with Gasteiger partial charge in [-0.1, -0.05) is 40.5 Å². The predicted molar refractivity (Wildman–Crippen MR) is 116 cm³/mol. The minimum atomic E-state index is -1.09. The number of aldehydes is 1. The highest BCUT2D eigenvalue weighted by atomic mass is 16.4. The molecule has 3 aliphatic rings. The second-order valence-corrected chi connectivity index (χ2v) is 11.3. The summed E-state index contributed by atoms with van der Waals surface area (Å²) in [5.41, 5.74) is -1.38. The second-order valence-electron chi connectivity index (χ2n) is 11.3. The lowest BCUT2D eigenvalue weighted by molar-refractivity contribution is -0.156. The van der Waals surface area contributed by atoms with Crippen molar-refractivity contribution in [2.45, 2.75) is 97.2 Å². The van der Waals surface area contributed by atoms with Gasteiger partial charge >= 0.3 is 5.97 Å². The number of hydrogen-bond acceptors (Lipinski definition) is 4. The summed E-state index contributed by atoms with van der Waals surface area (Å²) in [6, 6.07) is 0. The number of aliphatic carboxylic acids is 1. The molecule has 0 aromatic rings. The van der Waals surface area contributed by atoms with Crippen molar-refractivity contribution in [3.05, 3.63) is 0 Å². The van der Waals surface area contributed by atoms with Crippen molar-refractivity contribution in [1.29, 1.82) is 0 Å². The number of hydrogen-bond donors (Lipinski definition) is 3. The molecule has 3 aliphatic carbocycles. The molecule has 0 radical (unpaired) electrons. The lowest BCUT2D eigenvalue weighted by atomic mass is 9.57. The van der Waals surface area contributed by atoms with Crippen LogP contribution in [0, 0.1) is 46.8 Å². The Morgan fingerprint density at radius 3 is 2.47 bits per heavy atom. The van der Waals surface area contributed by atoms with Crippen molar-refractivity contribution >= 4 is 12.3 Å². The highest BCUT2D eigenvalue weighted by Crippen LogP contribution is 2.67. The van der Waals surface area contributed by atoms with Crippen LogP contribution >= 0.6 is 0 Å². The van der Waals surface area contributed by atoms with Crippen LogP contribution in [-0.2, 0) is 9.59 Å². The van der Waals surface area contributed by atoms with E-state index in [1.807, 2.05) is 0 Å². The molecule has 0 aromatic heterocycles. The first kappa shape index (κ1) is 23.7. The van der Waals surface area contributed by atoms with Gasteiger partial charge in [0.25, 0.3) is 0 Å². The van der Waals surface area contributed by atoms with Gasteiger partial charge in [-0.3, -0.25) is 4.79 Å². The van der Waals surface area contributed by atoms with E-state index in [2.05, 4.69) is 27.7 Å². The fourth-order valence-corrected chi connectivity index (χ4v) is 7.56. The predicted octanol–water partition coefficient (Wildman–Crippen LogP) is 4.29. The average molecular weight is 423 g/mol. The van der Waals surface area contributed by atoms with Crippen LogP contribution in [0.4, 0.5) is 0 Å². The lowest BCUT2D eigenvalue weighted by Crippen LogP contribution is -2.54. The summed E-state index contributed by atoms with van der Waals surface area (Å²) < 4.78 is 0. The molecule has 0 aromatic carbocycles. The standard InChI is InChI=1S/C25H42O5/c1-15(16(2)7-10-22(28)29)5-8-19-17(3)6-9-20-23(19)21(14-26)25(30)13-18(27)11-12-24(20,25)4/h14-21,23,27,30H,5-13H2,1-4H3,(H,28,29)/t15-,16-,17-,18+,19?,20?,21-,23?,24-,25-/m1/s1. The van der Waals surface area contributed by atoms with E-state index in [1.165, 1.54) is 0 Å². The number of aliphatic hydroxyl groups excluding tert-OH is 1. The first-order chi connectivity index (χ1) is 14.0. The Labute approximate surface area is 181 Å².